The minimum Gasteiger partial charge on any atom is -0.339 e. The Bertz CT molecular complexity index is 491. The van der Waals surface area contributed by atoms with Crippen molar-refractivity contribution in [1.29, 1.82) is 0 Å². The molecular weight excluding hydrogens is 272 g/mol. The van der Waals surface area contributed by atoms with Gasteiger partial charge in [0.1, 0.15) is 0 Å². The summed E-state index contributed by atoms with van der Waals surface area (Å²) in [6.07, 6.45) is 3.81. The number of aromatic nitrogens is 2. The second kappa shape index (κ2) is 5.00. The van der Waals surface area contributed by atoms with E-state index in [2.05, 4.69) is 17.1 Å². The molecule has 3 fully saturated rings. The van der Waals surface area contributed by atoms with Gasteiger partial charge in [-0.25, -0.2) is 0 Å². The van der Waals surface area contributed by atoms with Crippen LogP contribution in [0.2, 0.25) is 0 Å². The van der Waals surface area contributed by atoms with Gasteiger partial charge in [0.25, 0.3) is 0 Å². The predicted molar refractivity (Wildman–Crippen MR) is 78.5 cm³/mol. The maximum atomic E-state index is 6.37. The number of nitrogens with zero attached hydrogens (tertiary/aromatic N) is 3. The van der Waals surface area contributed by atoms with Gasteiger partial charge in [0.15, 0.2) is 5.82 Å². The molecule has 2 N–H and O–H groups in total. The lowest BCUT2D eigenvalue weighted by molar-refractivity contribution is 0.251. The van der Waals surface area contributed by atoms with Crippen LogP contribution in [0.15, 0.2) is 4.52 Å². The van der Waals surface area contributed by atoms with E-state index in [1.54, 1.807) is 0 Å². The minimum absolute atomic E-state index is 0.223. The highest BCUT2D eigenvalue weighted by atomic mass is 32.2. The van der Waals surface area contributed by atoms with Gasteiger partial charge in [-0.1, -0.05) is 5.16 Å². The van der Waals surface area contributed by atoms with Crippen LogP contribution < -0.4 is 5.73 Å². The third-order valence-electron chi connectivity index (χ3n) is 5.42. The lowest BCUT2D eigenvalue weighted by Gasteiger charge is -2.29. The summed E-state index contributed by atoms with van der Waals surface area (Å²) < 4.78 is 5.60. The Morgan fingerprint density at radius 1 is 1.35 bits per heavy atom. The van der Waals surface area contributed by atoms with Gasteiger partial charge in [-0.2, -0.15) is 16.7 Å². The highest BCUT2D eigenvalue weighted by molar-refractivity contribution is 7.99. The Hall–Kier alpha value is -0.590. The van der Waals surface area contributed by atoms with Crippen molar-refractivity contribution >= 4 is 11.8 Å². The predicted octanol–water partition coefficient (Wildman–Crippen LogP) is 1.63. The summed E-state index contributed by atoms with van der Waals surface area (Å²) in [5.41, 5.74) is 6.37. The zero-order chi connectivity index (χ0) is 13.7. The fourth-order valence-corrected chi connectivity index (χ4v) is 5.39. The fourth-order valence-electron chi connectivity index (χ4n) is 4.18. The minimum atomic E-state index is 0.223. The molecule has 110 valence electrons. The summed E-state index contributed by atoms with van der Waals surface area (Å²) in [6, 6.07) is 0.515. The van der Waals surface area contributed by atoms with Gasteiger partial charge in [0.2, 0.25) is 5.89 Å². The van der Waals surface area contributed by atoms with Crippen LogP contribution in [-0.2, 0) is 0 Å². The van der Waals surface area contributed by atoms with Crippen LogP contribution in [0, 0.1) is 11.8 Å². The quantitative estimate of drug-likeness (QED) is 0.894. The molecule has 1 saturated heterocycles. The van der Waals surface area contributed by atoms with Crippen molar-refractivity contribution < 1.29 is 4.52 Å². The molecule has 5 atom stereocenters. The first-order valence-corrected chi connectivity index (χ1v) is 8.76. The van der Waals surface area contributed by atoms with E-state index in [0.29, 0.717) is 23.8 Å². The molecule has 4 rings (SSSR count). The van der Waals surface area contributed by atoms with E-state index in [4.69, 9.17) is 15.2 Å². The van der Waals surface area contributed by atoms with Crippen LogP contribution in [0.1, 0.15) is 42.9 Å². The van der Waals surface area contributed by atoms with Gasteiger partial charge in [0, 0.05) is 24.1 Å². The van der Waals surface area contributed by atoms with E-state index in [1.165, 1.54) is 25.0 Å². The molecule has 1 aromatic heterocycles. The molecule has 0 radical (unpaired) electrons. The van der Waals surface area contributed by atoms with E-state index in [1.807, 2.05) is 11.8 Å². The second-order valence-electron chi connectivity index (χ2n) is 6.50. The van der Waals surface area contributed by atoms with Crippen molar-refractivity contribution in [2.24, 2.45) is 17.6 Å². The summed E-state index contributed by atoms with van der Waals surface area (Å²) in [4.78, 5) is 7.05. The van der Waals surface area contributed by atoms with Gasteiger partial charge in [-0.05, 0) is 38.1 Å². The molecular formula is C14H22N4OS. The smallest absolute Gasteiger partial charge is 0.231 e. The molecule has 0 spiro atoms. The van der Waals surface area contributed by atoms with Crippen LogP contribution in [0.4, 0.5) is 0 Å². The highest BCUT2D eigenvalue weighted by Crippen LogP contribution is 2.51. The summed E-state index contributed by atoms with van der Waals surface area (Å²) >= 11 is 1.97. The summed E-state index contributed by atoms with van der Waals surface area (Å²) in [5.74, 6) is 5.53. The maximum Gasteiger partial charge on any atom is 0.231 e. The van der Waals surface area contributed by atoms with Gasteiger partial charge in [-0.3, -0.25) is 4.90 Å². The van der Waals surface area contributed by atoms with Crippen molar-refractivity contribution in [1.82, 2.24) is 15.0 Å². The van der Waals surface area contributed by atoms with Gasteiger partial charge < -0.3 is 10.3 Å². The largest absolute Gasteiger partial charge is 0.339 e. The first-order valence-electron chi connectivity index (χ1n) is 7.61. The number of thioether (sulfide) groups is 1. The molecule has 2 bridgehead atoms. The van der Waals surface area contributed by atoms with Crippen LogP contribution in [0.3, 0.4) is 0 Å². The molecule has 5 unspecified atom stereocenters. The first kappa shape index (κ1) is 13.1. The van der Waals surface area contributed by atoms with E-state index < -0.39 is 0 Å². The van der Waals surface area contributed by atoms with Crippen molar-refractivity contribution in [3.8, 4) is 0 Å². The molecule has 6 heteroatoms. The third-order valence-corrected chi connectivity index (χ3v) is 6.44. The second-order valence-corrected chi connectivity index (χ2v) is 7.65. The van der Waals surface area contributed by atoms with Gasteiger partial charge >= 0.3 is 0 Å². The Kier molecular flexibility index (Phi) is 3.27. The molecule has 1 aliphatic heterocycles. The zero-order valence-electron chi connectivity index (χ0n) is 11.9. The van der Waals surface area contributed by atoms with E-state index in [-0.39, 0.29) is 6.04 Å². The van der Waals surface area contributed by atoms with Crippen LogP contribution in [0.25, 0.3) is 0 Å². The average Bonchev–Trinajstić information content (AvgIpc) is 3.14. The number of rotatable bonds is 2. The molecule has 0 aromatic carbocycles. The SMILES string of the molecule is CN1CCSCC1c1noc(C2C3CCC(C3)C2N)n1. The average molecular weight is 294 g/mol. The Balaban J connectivity index is 1.56. The van der Waals surface area contributed by atoms with Crippen LogP contribution in [0.5, 0.6) is 0 Å². The number of hydrogen-bond acceptors (Lipinski definition) is 6. The molecule has 2 heterocycles. The Morgan fingerprint density at radius 3 is 2.95 bits per heavy atom. The van der Waals surface area contributed by atoms with Crippen molar-refractivity contribution in [3.63, 3.8) is 0 Å². The number of fused-ring (bicyclic) bond motifs is 2. The standard InChI is InChI=1S/C14H22N4OS/c1-18-4-5-20-7-10(18)13-16-14(19-17-13)11-8-2-3-9(6-8)12(11)15/h8-12H,2-7,15H2,1H3. The Morgan fingerprint density at radius 2 is 2.20 bits per heavy atom. The highest BCUT2D eigenvalue weighted by Gasteiger charge is 2.49. The van der Waals surface area contributed by atoms with Gasteiger partial charge in [-0.15, -0.1) is 0 Å². The van der Waals surface area contributed by atoms with E-state index >= 15 is 0 Å². The molecule has 5 nitrogen and oxygen atoms in total. The lowest BCUT2D eigenvalue weighted by atomic mass is 9.85. The molecule has 0 amide bonds. The molecule has 2 aliphatic carbocycles. The number of nitrogens with two attached hydrogens (primary N) is 1. The first-order chi connectivity index (χ1) is 9.74. The molecule has 1 aromatic rings. The zero-order valence-corrected chi connectivity index (χ0v) is 12.7. The van der Waals surface area contributed by atoms with Crippen LogP contribution >= 0.6 is 11.8 Å². The van der Waals surface area contributed by atoms with Crippen molar-refractivity contribution in [3.05, 3.63) is 11.7 Å². The topological polar surface area (TPSA) is 68.2 Å². The summed E-state index contributed by atoms with van der Waals surface area (Å²) in [7, 11) is 2.14. The molecule has 20 heavy (non-hydrogen) atoms. The van der Waals surface area contributed by atoms with Crippen molar-refractivity contribution in [2.75, 3.05) is 25.1 Å². The van der Waals surface area contributed by atoms with E-state index in [0.717, 1.165) is 24.0 Å². The number of hydrogen-bond donors (Lipinski definition) is 1. The Labute approximate surface area is 123 Å². The summed E-state index contributed by atoms with van der Waals surface area (Å²) in [5, 5.41) is 4.26. The molecule has 2 saturated carbocycles. The van der Waals surface area contributed by atoms with Gasteiger partial charge in [0.05, 0.1) is 12.0 Å². The van der Waals surface area contributed by atoms with Crippen molar-refractivity contribution in [2.45, 2.75) is 37.3 Å². The monoisotopic (exact) mass is 294 g/mol. The molecule has 3 aliphatic rings. The van der Waals surface area contributed by atoms with Crippen LogP contribution in [-0.4, -0.2) is 46.2 Å². The summed E-state index contributed by atoms with van der Waals surface area (Å²) in [6.45, 7) is 1.09. The third kappa shape index (κ3) is 2.00. The fraction of sp³-hybridized carbons (Fsp3) is 0.857. The van der Waals surface area contributed by atoms with E-state index in [9.17, 15) is 0 Å². The lowest BCUT2D eigenvalue weighted by Crippen LogP contribution is -2.35. The maximum absolute atomic E-state index is 6.37. The normalized spacial score (nSPS) is 41.4.